The van der Waals surface area contributed by atoms with Gasteiger partial charge in [-0.05, 0) is 49.9 Å². The van der Waals surface area contributed by atoms with Crippen molar-refractivity contribution < 1.29 is 29.0 Å². The number of ketones is 1. The molecule has 1 N–H and O–H groups in total. The first-order valence-corrected chi connectivity index (χ1v) is 15.7. The second kappa shape index (κ2) is 13.8. The fraction of sp³-hybridized carbons (Fsp3) is 0.848. The molecule has 3 rings (SSSR count). The van der Waals surface area contributed by atoms with E-state index in [-0.39, 0.29) is 23.1 Å². The molecule has 0 amide bonds. The van der Waals surface area contributed by atoms with Gasteiger partial charge in [0.15, 0.2) is 6.61 Å². The molecule has 6 heteroatoms. The number of hydrogen-bond donors (Lipinski definition) is 1. The Bertz CT molecular complexity index is 868. The van der Waals surface area contributed by atoms with E-state index in [1.807, 2.05) is 6.92 Å². The molecule has 0 aliphatic heterocycles. The van der Waals surface area contributed by atoms with Gasteiger partial charge in [0.1, 0.15) is 11.9 Å². The van der Waals surface area contributed by atoms with E-state index in [0.29, 0.717) is 31.6 Å². The quantitative estimate of drug-likeness (QED) is 0.142. The first-order valence-electron chi connectivity index (χ1n) is 15.7. The number of hydrogen-bond acceptors (Lipinski definition) is 6. The normalized spacial score (nSPS) is 36.0. The van der Waals surface area contributed by atoms with Crippen molar-refractivity contribution in [3.8, 4) is 0 Å². The van der Waals surface area contributed by atoms with Crippen LogP contribution in [0.3, 0.4) is 0 Å². The molecule has 3 fully saturated rings. The van der Waals surface area contributed by atoms with E-state index < -0.39 is 35.6 Å². The Morgan fingerprint density at radius 2 is 1.64 bits per heavy atom. The maximum atomic E-state index is 13.3. The average molecular weight is 547 g/mol. The minimum atomic E-state index is -0.677. The van der Waals surface area contributed by atoms with Crippen molar-refractivity contribution in [2.45, 2.75) is 143 Å². The molecule has 2 bridgehead atoms. The third kappa shape index (κ3) is 7.15. The molecule has 0 radical (unpaired) electrons. The molecule has 0 aromatic rings. The van der Waals surface area contributed by atoms with Gasteiger partial charge in [-0.1, -0.05) is 85.1 Å². The average Bonchev–Trinajstić information content (AvgIpc) is 3.25. The van der Waals surface area contributed by atoms with Gasteiger partial charge in [-0.2, -0.15) is 0 Å². The van der Waals surface area contributed by atoms with Gasteiger partial charge in [0, 0.05) is 29.6 Å². The Kier molecular flexibility index (Phi) is 11.3. The molecule has 6 nitrogen and oxygen atoms in total. The van der Waals surface area contributed by atoms with E-state index in [2.05, 4.69) is 27.4 Å². The largest absolute Gasteiger partial charge is 0.459 e. The van der Waals surface area contributed by atoms with Crippen molar-refractivity contribution in [2.75, 3.05) is 6.61 Å². The molecule has 3 aliphatic carbocycles. The van der Waals surface area contributed by atoms with Gasteiger partial charge in [-0.3, -0.25) is 9.59 Å². The third-order valence-corrected chi connectivity index (χ3v) is 10.8. The van der Waals surface area contributed by atoms with Crippen molar-refractivity contribution in [2.24, 2.45) is 28.1 Å². The lowest BCUT2D eigenvalue weighted by Crippen LogP contribution is -2.59. The molecular formula is C33H54O6. The van der Waals surface area contributed by atoms with E-state index >= 15 is 0 Å². The lowest BCUT2D eigenvalue weighted by Gasteiger charge is -2.59. The highest BCUT2D eigenvalue weighted by atomic mass is 16.6. The van der Waals surface area contributed by atoms with Crippen LogP contribution in [-0.2, 0) is 23.9 Å². The Morgan fingerprint density at radius 3 is 2.28 bits per heavy atom. The van der Waals surface area contributed by atoms with Crippen LogP contribution in [0.2, 0.25) is 0 Å². The summed E-state index contributed by atoms with van der Waals surface area (Å²) in [5, 5.41) is 11.4. The zero-order valence-electron chi connectivity index (χ0n) is 25.1. The lowest BCUT2D eigenvalue weighted by atomic mass is 9.46. The number of rotatable bonds is 14. The molecule has 0 saturated heterocycles. The van der Waals surface area contributed by atoms with Crippen LogP contribution in [0.1, 0.15) is 130 Å². The van der Waals surface area contributed by atoms with Crippen LogP contribution in [0, 0.1) is 28.1 Å². The van der Waals surface area contributed by atoms with Crippen molar-refractivity contribution in [1.82, 2.24) is 0 Å². The summed E-state index contributed by atoms with van der Waals surface area (Å²) in [6, 6.07) is 0. The number of carbonyl (C=O) groups excluding carboxylic acids is 3. The van der Waals surface area contributed by atoms with Crippen LogP contribution in [0.15, 0.2) is 12.7 Å². The Labute approximate surface area is 236 Å². The standard InChI is InChI=1S/C33H54O6/c1-6-8-9-10-11-12-13-14-15-16-28(36)38-23-29(37)39-27-22-31(4,7-2)26(35)21-33-20-18-25(34)30(33)32(27,5)19-17-24(33)3/h7,24,26-27,30,35H,2,6,8-23H2,1,3-5H3/t24-,26+,27-,30+,31-,32+,33-/m1/s1. The third-order valence-electron chi connectivity index (χ3n) is 10.8. The minimum Gasteiger partial charge on any atom is -0.459 e. The van der Waals surface area contributed by atoms with E-state index in [0.717, 1.165) is 38.5 Å². The summed E-state index contributed by atoms with van der Waals surface area (Å²) in [4.78, 5) is 38.6. The summed E-state index contributed by atoms with van der Waals surface area (Å²) in [7, 11) is 0. The van der Waals surface area contributed by atoms with Crippen LogP contribution >= 0.6 is 0 Å². The molecule has 0 heterocycles. The van der Waals surface area contributed by atoms with Gasteiger partial charge in [-0.15, -0.1) is 6.58 Å². The van der Waals surface area contributed by atoms with Crippen molar-refractivity contribution in [1.29, 1.82) is 0 Å². The molecule has 0 aromatic heterocycles. The van der Waals surface area contributed by atoms with Crippen LogP contribution in [0.4, 0.5) is 0 Å². The number of aliphatic hydroxyl groups excluding tert-OH is 1. The summed E-state index contributed by atoms with van der Waals surface area (Å²) in [6.45, 7) is 12.1. The van der Waals surface area contributed by atoms with Crippen molar-refractivity contribution in [3.63, 3.8) is 0 Å². The van der Waals surface area contributed by atoms with Crippen LogP contribution in [0.25, 0.3) is 0 Å². The predicted octanol–water partition coefficient (Wildman–Crippen LogP) is 7.11. The van der Waals surface area contributed by atoms with Gasteiger partial charge in [0.25, 0.3) is 0 Å². The summed E-state index contributed by atoms with van der Waals surface area (Å²) in [5.41, 5.74) is -1.47. The number of ether oxygens (including phenoxy) is 2. The summed E-state index contributed by atoms with van der Waals surface area (Å²) >= 11 is 0. The maximum absolute atomic E-state index is 13.3. The monoisotopic (exact) mass is 546 g/mol. The zero-order valence-corrected chi connectivity index (χ0v) is 25.1. The van der Waals surface area contributed by atoms with E-state index in [1.165, 1.54) is 38.5 Å². The molecule has 7 atom stereocenters. The number of esters is 2. The van der Waals surface area contributed by atoms with Gasteiger partial charge in [0.2, 0.25) is 0 Å². The van der Waals surface area contributed by atoms with E-state index in [4.69, 9.17) is 9.47 Å². The summed E-state index contributed by atoms with van der Waals surface area (Å²) in [6.07, 6.45) is 15.3. The SMILES string of the molecule is C=C[C@]1(C)C[C@@H](OC(=O)COC(=O)CCCCCCCCCCC)[C@]2(C)CC[C@@H](C)[C@@]3(CCC(=O)[C@@H]23)C[C@@H]1O. The molecule has 222 valence electrons. The second-order valence-corrected chi connectivity index (χ2v) is 13.4. The van der Waals surface area contributed by atoms with Gasteiger partial charge >= 0.3 is 11.9 Å². The van der Waals surface area contributed by atoms with Crippen LogP contribution in [-0.4, -0.2) is 41.6 Å². The number of Topliss-reactive ketones (excluding diaryl/α,β-unsaturated/α-hetero) is 1. The Balaban J connectivity index is 1.57. The van der Waals surface area contributed by atoms with E-state index in [9.17, 15) is 19.5 Å². The lowest BCUT2D eigenvalue weighted by molar-refractivity contribution is -0.194. The van der Waals surface area contributed by atoms with Gasteiger partial charge < -0.3 is 14.6 Å². The highest BCUT2D eigenvalue weighted by molar-refractivity contribution is 5.85. The molecule has 0 spiro atoms. The number of carbonyl (C=O) groups is 3. The highest BCUT2D eigenvalue weighted by Gasteiger charge is 2.66. The van der Waals surface area contributed by atoms with Crippen LogP contribution < -0.4 is 0 Å². The smallest absolute Gasteiger partial charge is 0.344 e. The number of aliphatic hydroxyl groups is 1. The summed E-state index contributed by atoms with van der Waals surface area (Å²) < 4.78 is 11.4. The predicted molar refractivity (Wildman–Crippen MR) is 153 cm³/mol. The Morgan fingerprint density at radius 1 is 1.00 bits per heavy atom. The fourth-order valence-electron chi connectivity index (χ4n) is 7.99. The topological polar surface area (TPSA) is 89.9 Å². The van der Waals surface area contributed by atoms with Crippen molar-refractivity contribution >= 4 is 17.7 Å². The zero-order chi connectivity index (χ0) is 28.7. The van der Waals surface area contributed by atoms with Crippen molar-refractivity contribution in [3.05, 3.63) is 12.7 Å². The molecule has 0 unspecified atom stereocenters. The van der Waals surface area contributed by atoms with Gasteiger partial charge in [0.05, 0.1) is 6.10 Å². The first-order chi connectivity index (χ1) is 18.5. The van der Waals surface area contributed by atoms with E-state index in [1.54, 1.807) is 6.08 Å². The van der Waals surface area contributed by atoms with Gasteiger partial charge in [-0.25, -0.2) is 4.79 Å². The number of unbranched alkanes of at least 4 members (excludes halogenated alkanes) is 8. The highest BCUT2D eigenvalue weighted by Crippen LogP contribution is 2.66. The minimum absolute atomic E-state index is 0.229. The van der Waals surface area contributed by atoms with Crippen LogP contribution in [0.5, 0.6) is 0 Å². The fourth-order valence-corrected chi connectivity index (χ4v) is 7.99. The second-order valence-electron chi connectivity index (χ2n) is 13.4. The molecule has 3 saturated carbocycles. The molecule has 0 aromatic carbocycles. The summed E-state index contributed by atoms with van der Waals surface area (Å²) in [5.74, 6) is -0.668. The maximum Gasteiger partial charge on any atom is 0.344 e. The molecule has 39 heavy (non-hydrogen) atoms. The molecular weight excluding hydrogens is 492 g/mol. The first kappa shape index (κ1) is 31.8. The Hall–Kier alpha value is -1.69. The molecule has 3 aliphatic rings.